The fraction of sp³-hybridized carbons (Fsp3) is 0.636. The van der Waals surface area contributed by atoms with Gasteiger partial charge in [-0.15, -0.1) is 0 Å². The number of carbonyl (C=O) groups excluding carboxylic acids is 2. The van der Waals surface area contributed by atoms with Gasteiger partial charge < -0.3 is 15.2 Å². The number of nitrogens with zero attached hydrogens (tertiary/aromatic N) is 1. The Morgan fingerprint density at radius 2 is 1.89 bits per heavy atom. The first-order valence-corrected chi connectivity index (χ1v) is 10.0. The maximum atomic E-state index is 13.1. The van der Waals surface area contributed by atoms with E-state index in [1.807, 2.05) is 32.0 Å². The molecule has 1 heterocycles. The Hall–Kier alpha value is -2.08. The SMILES string of the molecule is Cc1cccc(C)c1OC[C@H](O)CN1C(=O)N[C@]2(C[C@H](C)CC(C)(C)C2)C1=O. The molecule has 3 atom stereocenters. The van der Waals surface area contributed by atoms with Gasteiger partial charge in [0.2, 0.25) is 0 Å². The van der Waals surface area contributed by atoms with Crippen LogP contribution in [0, 0.1) is 25.2 Å². The first-order valence-electron chi connectivity index (χ1n) is 10.0. The van der Waals surface area contributed by atoms with Crippen LogP contribution in [0.2, 0.25) is 0 Å². The molecule has 1 spiro atoms. The molecule has 0 unspecified atom stereocenters. The lowest BCUT2D eigenvalue weighted by Crippen LogP contribution is -2.54. The predicted octanol–water partition coefficient (Wildman–Crippen LogP) is 3.18. The van der Waals surface area contributed by atoms with Crippen molar-refractivity contribution in [2.75, 3.05) is 13.2 Å². The van der Waals surface area contributed by atoms with Gasteiger partial charge in [-0.1, -0.05) is 39.0 Å². The molecule has 1 aromatic carbocycles. The highest BCUT2D eigenvalue weighted by Gasteiger charge is 2.56. The summed E-state index contributed by atoms with van der Waals surface area (Å²) in [4.78, 5) is 26.8. The molecule has 1 aliphatic carbocycles. The number of hydrogen-bond donors (Lipinski definition) is 2. The van der Waals surface area contributed by atoms with Gasteiger partial charge >= 0.3 is 6.03 Å². The zero-order valence-electron chi connectivity index (χ0n) is 17.5. The molecule has 1 saturated carbocycles. The number of nitrogens with one attached hydrogen (secondary N) is 1. The van der Waals surface area contributed by atoms with Crippen LogP contribution in [0.4, 0.5) is 4.79 Å². The third-order valence-corrected chi connectivity index (χ3v) is 5.85. The number of aliphatic hydroxyl groups excluding tert-OH is 1. The molecule has 3 amide bonds. The van der Waals surface area contributed by atoms with Crippen molar-refractivity contribution in [2.24, 2.45) is 11.3 Å². The van der Waals surface area contributed by atoms with Crippen molar-refractivity contribution in [1.82, 2.24) is 10.2 Å². The van der Waals surface area contributed by atoms with E-state index in [9.17, 15) is 14.7 Å². The molecule has 3 rings (SSSR count). The van der Waals surface area contributed by atoms with Crippen molar-refractivity contribution >= 4 is 11.9 Å². The second kappa shape index (κ2) is 7.39. The number of rotatable bonds is 5. The smallest absolute Gasteiger partial charge is 0.325 e. The summed E-state index contributed by atoms with van der Waals surface area (Å²) >= 11 is 0. The number of aliphatic hydroxyl groups is 1. The van der Waals surface area contributed by atoms with E-state index >= 15 is 0 Å². The maximum absolute atomic E-state index is 13.1. The van der Waals surface area contributed by atoms with E-state index in [-0.39, 0.29) is 24.5 Å². The van der Waals surface area contributed by atoms with E-state index in [2.05, 4.69) is 26.1 Å². The van der Waals surface area contributed by atoms with Gasteiger partial charge in [-0.25, -0.2) is 4.79 Å². The van der Waals surface area contributed by atoms with Crippen LogP contribution >= 0.6 is 0 Å². The summed E-state index contributed by atoms with van der Waals surface area (Å²) in [5.74, 6) is 0.867. The average molecular weight is 389 g/mol. The van der Waals surface area contributed by atoms with E-state index < -0.39 is 17.7 Å². The first-order chi connectivity index (χ1) is 13.0. The second-order valence-electron chi connectivity index (χ2n) is 9.47. The van der Waals surface area contributed by atoms with E-state index in [4.69, 9.17) is 4.74 Å². The highest BCUT2D eigenvalue weighted by molar-refractivity contribution is 6.07. The lowest BCUT2D eigenvalue weighted by molar-refractivity contribution is -0.135. The Morgan fingerprint density at radius 1 is 1.25 bits per heavy atom. The van der Waals surface area contributed by atoms with E-state index in [0.717, 1.165) is 28.2 Å². The minimum absolute atomic E-state index is 0.0132. The Labute approximate surface area is 167 Å². The second-order valence-corrected chi connectivity index (χ2v) is 9.47. The van der Waals surface area contributed by atoms with Crippen LogP contribution in [-0.2, 0) is 4.79 Å². The molecule has 0 bridgehead atoms. The molecule has 2 aliphatic rings. The fourth-order valence-electron chi connectivity index (χ4n) is 5.14. The van der Waals surface area contributed by atoms with Crippen LogP contribution in [0.15, 0.2) is 18.2 Å². The minimum atomic E-state index is -0.946. The summed E-state index contributed by atoms with van der Waals surface area (Å²) < 4.78 is 5.78. The van der Waals surface area contributed by atoms with E-state index in [0.29, 0.717) is 18.8 Å². The number of aryl methyl sites for hydroxylation is 2. The van der Waals surface area contributed by atoms with Crippen LogP contribution < -0.4 is 10.1 Å². The standard InChI is InChI=1S/C22H32N2O4/c1-14-9-21(4,5)13-22(10-14)19(26)24(20(27)23-22)11-17(25)12-28-18-15(2)7-6-8-16(18)3/h6-8,14,17,25H,9-13H2,1-5H3,(H,23,27)/t14-,17-,22+/m1/s1. The number of hydrogen-bond acceptors (Lipinski definition) is 4. The highest BCUT2D eigenvalue weighted by atomic mass is 16.5. The molecule has 28 heavy (non-hydrogen) atoms. The number of imide groups is 1. The van der Waals surface area contributed by atoms with Crippen molar-refractivity contribution in [3.05, 3.63) is 29.3 Å². The topological polar surface area (TPSA) is 78.9 Å². The Balaban J connectivity index is 1.66. The number of benzene rings is 1. The molecule has 1 aromatic rings. The van der Waals surface area contributed by atoms with Crippen LogP contribution in [0.3, 0.4) is 0 Å². The number of urea groups is 1. The Bertz CT molecular complexity index is 756. The lowest BCUT2D eigenvalue weighted by Gasteiger charge is -2.43. The molecule has 0 aromatic heterocycles. The van der Waals surface area contributed by atoms with Gasteiger partial charge in [-0.05, 0) is 55.6 Å². The highest BCUT2D eigenvalue weighted by Crippen LogP contribution is 2.46. The van der Waals surface area contributed by atoms with Crippen molar-refractivity contribution in [1.29, 1.82) is 0 Å². The minimum Gasteiger partial charge on any atom is -0.490 e. The van der Waals surface area contributed by atoms with Gasteiger partial charge in [0.25, 0.3) is 5.91 Å². The van der Waals surface area contributed by atoms with Crippen molar-refractivity contribution in [2.45, 2.75) is 65.5 Å². The fourth-order valence-corrected chi connectivity index (χ4v) is 5.14. The number of ether oxygens (including phenoxy) is 1. The summed E-state index contributed by atoms with van der Waals surface area (Å²) in [5.41, 5.74) is 1.12. The molecular formula is C22H32N2O4. The van der Waals surface area contributed by atoms with Gasteiger partial charge in [0.05, 0.1) is 6.54 Å². The third kappa shape index (κ3) is 4.02. The summed E-state index contributed by atoms with van der Waals surface area (Å²) in [6.07, 6.45) is 1.36. The quantitative estimate of drug-likeness (QED) is 0.760. The summed E-state index contributed by atoms with van der Waals surface area (Å²) in [6, 6.07) is 5.43. The molecular weight excluding hydrogens is 356 g/mol. The molecule has 2 fully saturated rings. The Morgan fingerprint density at radius 3 is 2.50 bits per heavy atom. The van der Waals surface area contributed by atoms with Gasteiger partial charge in [-0.3, -0.25) is 9.69 Å². The van der Waals surface area contributed by atoms with Crippen LogP contribution in [0.5, 0.6) is 5.75 Å². The molecule has 0 radical (unpaired) electrons. The van der Waals surface area contributed by atoms with Crippen LogP contribution in [0.1, 0.15) is 51.2 Å². The summed E-state index contributed by atoms with van der Waals surface area (Å²) in [5, 5.41) is 13.4. The molecule has 1 aliphatic heterocycles. The molecule has 2 N–H and O–H groups in total. The van der Waals surface area contributed by atoms with Crippen molar-refractivity contribution < 1.29 is 19.4 Å². The number of β-amino-alcohol motifs (C(OH)–C–C–N with tert-alkyl or cyclic N) is 1. The molecule has 6 heteroatoms. The average Bonchev–Trinajstić information content (AvgIpc) is 2.76. The third-order valence-electron chi connectivity index (χ3n) is 5.85. The zero-order valence-corrected chi connectivity index (χ0v) is 17.5. The van der Waals surface area contributed by atoms with Crippen LogP contribution in [0.25, 0.3) is 0 Å². The maximum Gasteiger partial charge on any atom is 0.325 e. The summed E-state index contributed by atoms with van der Waals surface area (Å²) in [7, 11) is 0. The van der Waals surface area contributed by atoms with E-state index in [1.165, 1.54) is 0 Å². The van der Waals surface area contributed by atoms with Crippen molar-refractivity contribution in [3.63, 3.8) is 0 Å². The van der Waals surface area contributed by atoms with Gasteiger partial charge in [0, 0.05) is 0 Å². The predicted molar refractivity (Wildman–Crippen MR) is 107 cm³/mol. The van der Waals surface area contributed by atoms with Gasteiger partial charge in [-0.2, -0.15) is 0 Å². The van der Waals surface area contributed by atoms with Crippen molar-refractivity contribution in [3.8, 4) is 5.75 Å². The first kappa shape index (κ1) is 20.6. The number of amides is 3. The zero-order chi connectivity index (χ0) is 20.7. The molecule has 6 nitrogen and oxygen atoms in total. The van der Waals surface area contributed by atoms with Crippen LogP contribution in [-0.4, -0.2) is 46.7 Å². The molecule has 1 saturated heterocycles. The lowest BCUT2D eigenvalue weighted by atomic mass is 9.64. The van der Waals surface area contributed by atoms with Gasteiger partial charge in [0.15, 0.2) is 0 Å². The monoisotopic (exact) mass is 388 g/mol. The molecule has 154 valence electrons. The summed E-state index contributed by atoms with van der Waals surface area (Å²) in [6.45, 7) is 10.3. The number of para-hydroxylation sites is 1. The normalized spacial score (nSPS) is 27.8. The largest absolute Gasteiger partial charge is 0.490 e. The number of carbonyl (C=O) groups is 2. The van der Waals surface area contributed by atoms with E-state index in [1.54, 1.807) is 0 Å². The Kier molecular flexibility index (Phi) is 5.45. The van der Waals surface area contributed by atoms with Gasteiger partial charge in [0.1, 0.15) is 24.0 Å².